The van der Waals surface area contributed by atoms with Crippen molar-refractivity contribution in [2.24, 2.45) is 12.0 Å². The Morgan fingerprint density at radius 1 is 1.27 bits per heavy atom. The van der Waals surface area contributed by atoms with Crippen molar-refractivity contribution in [3.63, 3.8) is 0 Å². The van der Waals surface area contributed by atoms with Crippen LogP contribution in [0.5, 0.6) is 5.75 Å². The van der Waals surface area contributed by atoms with Crippen molar-refractivity contribution in [2.75, 3.05) is 41.3 Å². The van der Waals surface area contributed by atoms with Crippen LogP contribution in [0.4, 0.5) is 0 Å². The topological polar surface area (TPSA) is 66.7 Å². The van der Waals surface area contributed by atoms with Crippen molar-refractivity contribution >= 4 is 5.96 Å². The minimum atomic E-state index is 0.226. The van der Waals surface area contributed by atoms with Crippen molar-refractivity contribution in [3.05, 3.63) is 47.8 Å². The monoisotopic (exact) mass is 358 g/mol. The summed E-state index contributed by atoms with van der Waals surface area (Å²) in [4.78, 5) is 6.49. The average molecular weight is 358 g/mol. The molecule has 142 valence electrons. The van der Waals surface area contributed by atoms with Gasteiger partial charge in [-0.1, -0.05) is 12.1 Å². The summed E-state index contributed by atoms with van der Waals surface area (Å²) in [5.41, 5.74) is 2.44. The molecule has 26 heavy (non-hydrogen) atoms. The molecule has 2 aromatic rings. The van der Waals surface area contributed by atoms with Gasteiger partial charge in [0, 0.05) is 38.9 Å². The van der Waals surface area contributed by atoms with E-state index in [1.54, 1.807) is 14.2 Å². The van der Waals surface area contributed by atoms with Gasteiger partial charge in [-0.25, -0.2) is 0 Å². The number of nitrogens with one attached hydrogen (secondary N) is 2. The second kappa shape index (κ2) is 9.82. The zero-order chi connectivity index (χ0) is 18.9. The van der Waals surface area contributed by atoms with Gasteiger partial charge in [0.15, 0.2) is 5.96 Å². The molecule has 1 unspecified atom stereocenters. The number of hydrogen-bond acceptors (Lipinski definition) is 4. The first-order valence-corrected chi connectivity index (χ1v) is 8.76. The molecular weight excluding hydrogens is 328 g/mol. The first-order chi connectivity index (χ1) is 12.5. The van der Waals surface area contributed by atoms with Crippen LogP contribution < -0.4 is 15.4 Å². The Morgan fingerprint density at radius 3 is 2.54 bits per heavy atom. The molecular formula is C19H30N6O. The van der Waals surface area contributed by atoms with Crippen LogP contribution in [-0.4, -0.2) is 62.0 Å². The summed E-state index contributed by atoms with van der Waals surface area (Å²) < 4.78 is 7.01. The highest BCUT2D eigenvalue weighted by molar-refractivity contribution is 5.79. The second-order valence-electron chi connectivity index (χ2n) is 6.40. The van der Waals surface area contributed by atoms with Crippen LogP contribution in [0.2, 0.25) is 0 Å². The lowest BCUT2D eigenvalue weighted by Gasteiger charge is -2.24. The van der Waals surface area contributed by atoms with Crippen LogP contribution in [0.15, 0.2) is 41.7 Å². The maximum Gasteiger partial charge on any atom is 0.191 e. The van der Waals surface area contributed by atoms with Crippen LogP contribution in [0.3, 0.4) is 0 Å². The quantitative estimate of drug-likeness (QED) is 0.552. The van der Waals surface area contributed by atoms with Crippen LogP contribution in [0.25, 0.3) is 0 Å². The van der Waals surface area contributed by atoms with Crippen LogP contribution in [0, 0.1) is 0 Å². The molecule has 0 saturated carbocycles. The van der Waals surface area contributed by atoms with E-state index in [9.17, 15) is 0 Å². The van der Waals surface area contributed by atoms with Gasteiger partial charge in [0.2, 0.25) is 0 Å². The molecule has 2 N–H and O–H groups in total. The summed E-state index contributed by atoms with van der Waals surface area (Å²) >= 11 is 0. The van der Waals surface area contributed by atoms with Crippen molar-refractivity contribution < 1.29 is 4.74 Å². The number of likely N-dealkylation sites (N-methyl/N-ethyl adjacent to an activating group) is 1. The van der Waals surface area contributed by atoms with E-state index in [0.717, 1.165) is 31.2 Å². The number of hydrogen-bond donors (Lipinski definition) is 2. The van der Waals surface area contributed by atoms with E-state index in [0.29, 0.717) is 0 Å². The summed E-state index contributed by atoms with van der Waals surface area (Å²) in [6, 6.07) is 8.36. The van der Waals surface area contributed by atoms with Crippen molar-refractivity contribution in [3.8, 4) is 5.75 Å². The third-order valence-electron chi connectivity index (χ3n) is 4.28. The smallest absolute Gasteiger partial charge is 0.191 e. The van der Waals surface area contributed by atoms with Gasteiger partial charge in [0.25, 0.3) is 0 Å². The molecule has 1 aromatic carbocycles. The molecule has 0 bridgehead atoms. The van der Waals surface area contributed by atoms with Gasteiger partial charge in [-0.2, -0.15) is 5.10 Å². The number of methoxy groups -OCH3 is 1. The Morgan fingerprint density at radius 2 is 2.00 bits per heavy atom. The number of rotatable bonds is 8. The van der Waals surface area contributed by atoms with E-state index in [2.05, 4.69) is 51.9 Å². The molecule has 0 aliphatic carbocycles. The Bertz CT molecular complexity index is 692. The number of aryl methyl sites for hydroxylation is 1. The second-order valence-corrected chi connectivity index (χ2v) is 6.40. The Hall–Kier alpha value is -2.54. The molecule has 1 atom stereocenters. The Kier molecular flexibility index (Phi) is 7.47. The molecule has 0 amide bonds. The van der Waals surface area contributed by atoms with Gasteiger partial charge >= 0.3 is 0 Å². The van der Waals surface area contributed by atoms with E-state index in [-0.39, 0.29) is 6.04 Å². The fraction of sp³-hybridized carbons (Fsp3) is 0.474. The molecule has 0 aliphatic rings. The Labute approximate surface area is 156 Å². The van der Waals surface area contributed by atoms with Crippen LogP contribution in [-0.2, 0) is 13.5 Å². The predicted molar refractivity (Wildman–Crippen MR) is 106 cm³/mol. The molecule has 0 radical (unpaired) electrons. The highest BCUT2D eigenvalue weighted by Gasteiger charge is 2.16. The van der Waals surface area contributed by atoms with Crippen LogP contribution in [0.1, 0.15) is 17.2 Å². The number of aromatic nitrogens is 2. The molecule has 1 aromatic heterocycles. The summed E-state index contributed by atoms with van der Waals surface area (Å²) in [7, 11) is 9.54. The van der Waals surface area contributed by atoms with Gasteiger partial charge in [-0.3, -0.25) is 9.67 Å². The van der Waals surface area contributed by atoms with Gasteiger partial charge < -0.3 is 20.3 Å². The normalized spacial score (nSPS) is 12.9. The maximum absolute atomic E-state index is 5.19. The maximum atomic E-state index is 5.19. The first kappa shape index (κ1) is 19.8. The van der Waals surface area contributed by atoms with Crippen molar-refractivity contribution in [1.82, 2.24) is 25.3 Å². The van der Waals surface area contributed by atoms with Crippen molar-refractivity contribution in [1.29, 1.82) is 0 Å². The molecule has 0 aliphatic heterocycles. The minimum Gasteiger partial charge on any atom is -0.497 e. The van der Waals surface area contributed by atoms with Gasteiger partial charge in [-0.05, 0) is 38.2 Å². The molecule has 7 nitrogen and oxygen atoms in total. The number of guanidine groups is 1. The lowest BCUT2D eigenvalue weighted by Crippen LogP contribution is -2.42. The van der Waals surface area contributed by atoms with Gasteiger partial charge in [0.1, 0.15) is 5.75 Å². The largest absolute Gasteiger partial charge is 0.497 e. The van der Waals surface area contributed by atoms with Crippen LogP contribution >= 0.6 is 0 Å². The van der Waals surface area contributed by atoms with E-state index >= 15 is 0 Å². The fourth-order valence-corrected chi connectivity index (χ4v) is 2.74. The Balaban J connectivity index is 1.82. The molecule has 0 fully saturated rings. The third-order valence-corrected chi connectivity index (χ3v) is 4.28. The average Bonchev–Trinajstić information content (AvgIpc) is 3.06. The number of benzene rings is 1. The van der Waals surface area contributed by atoms with Gasteiger partial charge in [-0.15, -0.1) is 0 Å². The van der Waals surface area contributed by atoms with E-state index in [1.807, 2.05) is 36.3 Å². The standard InChI is InChI=1S/C19H30N6O/c1-20-19(21-11-10-15-6-8-17(26-5)9-7-15)22-13-18(24(2)3)16-12-23-25(4)14-16/h6-9,12,14,18H,10-11,13H2,1-5H3,(H2,20,21,22). The molecule has 1 heterocycles. The third kappa shape index (κ3) is 5.77. The zero-order valence-electron chi connectivity index (χ0n) is 16.4. The molecule has 7 heteroatoms. The minimum absolute atomic E-state index is 0.226. The lowest BCUT2D eigenvalue weighted by molar-refractivity contribution is 0.298. The first-order valence-electron chi connectivity index (χ1n) is 8.76. The summed E-state index contributed by atoms with van der Waals surface area (Å²) in [5.74, 6) is 1.68. The summed E-state index contributed by atoms with van der Waals surface area (Å²) in [6.07, 6.45) is 4.88. The summed E-state index contributed by atoms with van der Waals surface area (Å²) in [5, 5.41) is 11.0. The van der Waals surface area contributed by atoms with E-state index < -0.39 is 0 Å². The zero-order valence-corrected chi connectivity index (χ0v) is 16.4. The SMILES string of the molecule is CN=C(NCCc1ccc(OC)cc1)NCC(c1cnn(C)c1)N(C)C. The molecule has 0 spiro atoms. The number of aliphatic imine (C=N–C) groups is 1. The number of ether oxygens (including phenoxy) is 1. The number of nitrogens with zero attached hydrogens (tertiary/aromatic N) is 4. The molecule has 0 saturated heterocycles. The fourth-order valence-electron chi connectivity index (χ4n) is 2.74. The van der Waals surface area contributed by atoms with Crippen molar-refractivity contribution in [2.45, 2.75) is 12.5 Å². The van der Waals surface area contributed by atoms with E-state index in [4.69, 9.17) is 4.74 Å². The van der Waals surface area contributed by atoms with E-state index in [1.165, 1.54) is 11.1 Å². The highest BCUT2D eigenvalue weighted by Crippen LogP contribution is 2.16. The predicted octanol–water partition coefficient (Wildman–Crippen LogP) is 1.44. The molecule has 2 rings (SSSR count). The lowest BCUT2D eigenvalue weighted by atomic mass is 10.1. The van der Waals surface area contributed by atoms with Gasteiger partial charge in [0.05, 0.1) is 19.3 Å². The summed E-state index contributed by atoms with van der Waals surface area (Å²) in [6.45, 7) is 1.56. The highest BCUT2D eigenvalue weighted by atomic mass is 16.5.